The summed E-state index contributed by atoms with van der Waals surface area (Å²) >= 11 is 1.46. The molecule has 4 nitrogen and oxygen atoms in total. The quantitative estimate of drug-likeness (QED) is 0.585. The number of rotatable bonds is 7. The van der Waals surface area contributed by atoms with Gasteiger partial charge in [0.2, 0.25) is 6.10 Å². The van der Waals surface area contributed by atoms with E-state index >= 15 is 0 Å². The van der Waals surface area contributed by atoms with Crippen molar-refractivity contribution < 1.29 is 14.3 Å². The Labute approximate surface area is 163 Å². The van der Waals surface area contributed by atoms with Crippen LogP contribution in [0.4, 0.5) is 0 Å². The molecule has 2 aromatic carbocycles. The van der Waals surface area contributed by atoms with Gasteiger partial charge in [0.05, 0.1) is 5.75 Å². The molecule has 1 saturated carbocycles. The lowest BCUT2D eigenvalue weighted by molar-refractivity contribution is -0.154. The number of aryl methyl sites for hydroxylation is 2. The molecule has 1 unspecified atom stereocenters. The van der Waals surface area contributed by atoms with Gasteiger partial charge in [-0.3, -0.25) is 9.59 Å². The fourth-order valence-electron chi connectivity index (χ4n) is 3.35. The number of nitrogens with one attached hydrogen (secondary N) is 1. The lowest BCUT2D eigenvalue weighted by Gasteiger charge is -2.18. The molecule has 0 spiro atoms. The summed E-state index contributed by atoms with van der Waals surface area (Å²) in [4.78, 5) is 26.0. The Morgan fingerprint density at radius 3 is 2.63 bits per heavy atom. The van der Waals surface area contributed by atoms with E-state index in [2.05, 4.69) is 23.5 Å². The van der Waals surface area contributed by atoms with Gasteiger partial charge in [0.1, 0.15) is 0 Å². The molecule has 0 saturated heterocycles. The minimum Gasteiger partial charge on any atom is -0.447 e. The van der Waals surface area contributed by atoms with Gasteiger partial charge in [-0.25, -0.2) is 0 Å². The van der Waals surface area contributed by atoms with Crippen molar-refractivity contribution in [3.05, 3.63) is 65.2 Å². The average Bonchev–Trinajstić information content (AvgIpc) is 3.38. The zero-order valence-corrected chi connectivity index (χ0v) is 16.0. The van der Waals surface area contributed by atoms with Crippen LogP contribution in [0.25, 0.3) is 0 Å². The fraction of sp³-hybridized carbons (Fsp3) is 0.364. The van der Waals surface area contributed by atoms with Crippen molar-refractivity contribution in [2.75, 3.05) is 5.75 Å². The van der Waals surface area contributed by atoms with Crippen molar-refractivity contribution in [1.29, 1.82) is 0 Å². The molecular weight excluding hydrogens is 358 g/mol. The largest absolute Gasteiger partial charge is 0.447 e. The third-order valence-electron chi connectivity index (χ3n) is 4.94. The predicted molar refractivity (Wildman–Crippen MR) is 106 cm³/mol. The first-order valence-corrected chi connectivity index (χ1v) is 10.5. The zero-order chi connectivity index (χ0) is 18.6. The molecule has 2 aromatic rings. The van der Waals surface area contributed by atoms with Crippen LogP contribution in [0.2, 0.25) is 0 Å². The molecule has 140 valence electrons. The van der Waals surface area contributed by atoms with Gasteiger partial charge in [0.15, 0.2) is 0 Å². The molecule has 0 aliphatic heterocycles. The highest BCUT2D eigenvalue weighted by molar-refractivity contribution is 8.00. The van der Waals surface area contributed by atoms with E-state index in [0.29, 0.717) is 5.56 Å². The van der Waals surface area contributed by atoms with Crippen LogP contribution in [0.1, 0.15) is 42.1 Å². The molecule has 0 heterocycles. The number of hydrogen-bond acceptors (Lipinski definition) is 4. The van der Waals surface area contributed by atoms with Crippen molar-refractivity contribution in [3.8, 4) is 0 Å². The second kappa shape index (κ2) is 8.17. The van der Waals surface area contributed by atoms with E-state index < -0.39 is 6.10 Å². The number of hydrogen-bond donors (Lipinski definition) is 1. The third kappa shape index (κ3) is 4.72. The van der Waals surface area contributed by atoms with Crippen molar-refractivity contribution in [3.63, 3.8) is 0 Å². The zero-order valence-electron chi connectivity index (χ0n) is 15.1. The van der Waals surface area contributed by atoms with E-state index in [1.165, 1.54) is 29.3 Å². The molecule has 1 atom stereocenters. The lowest BCUT2D eigenvalue weighted by Crippen LogP contribution is -2.33. The summed E-state index contributed by atoms with van der Waals surface area (Å²) < 4.78 is 5.57. The van der Waals surface area contributed by atoms with E-state index in [1.807, 2.05) is 30.3 Å². The van der Waals surface area contributed by atoms with Crippen molar-refractivity contribution in [1.82, 2.24) is 5.32 Å². The van der Waals surface area contributed by atoms with Crippen LogP contribution in [0.3, 0.4) is 0 Å². The topological polar surface area (TPSA) is 55.4 Å². The van der Waals surface area contributed by atoms with Crippen molar-refractivity contribution >= 4 is 23.6 Å². The second-order valence-corrected chi connectivity index (χ2v) is 8.18. The number of thioether (sulfide) groups is 1. The minimum absolute atomic E-state index is 0.193. The molecule has 2 aliphatic rings. The minimum atomic E-state index is -0.889. The Hall–Kier alpha value is -2.27. The van der Waals surface area contributed by atoms with Gasteiger partial charge < -0.3 is 10.1 Å². The smallest absolute Gasteiger partial charge is 0.317 e. The maximum Gasteiger partial charge on any atom is 0.317 e. The summed E-state index contributed by atoms with van der Waals surface area (Å²) in [5, 5.41) is 2.94. The van der Waals surface area contributed by atoms with Gasteiger partial charge in [-0.15, -0.1) is 11.8 Å². The number of carbonyl (C=O) groups excluding carboxylic acids is 2. The van der Waals surface area contributed by atoms with E-state index in [-0.39, 0.29) is 23.7 Å². The molecule has 0 aromatic heterocycles. The maximum atomic E-state index is 12.5. The Kier molecular flexibility index (Phi) is 5.48. The van der Waals surface area contributed by atoms with Crippen LogP contribution in [-0.2, 0) is 27.2 Å². The molecule has 27 heavy (non-hydrogen) atoms. The van der Waals surface area contributed by atoms with Gasteiger partial charge in [-0.1, -0.05) is 36.4 Å². The van der Waals surface area contributed by atoms with Crippen LogP contribution in [0.5, 0.6) is 0 Å². The first kappa shape index (κ1) is 18.1. The monoisotopic (exact) mass is 381 g/mol. The molecule has 5 heteroatoms. The highest BCUT2D eigenvalue weighted by atomic mass is 32.2. The fourth-order valence-corrected chi connectivity index (χ4v) is 4.09. The Morgan fingerprint density at radius 2 is 1.85 bits per heavy atom. The van der Waals surface area contributed by atoms with E-state index in [9.17, 15) is 9.59 Å². The number of benzene rings is 2. The van der Waals surface area contributed by atoms with Gasteiger partial charge >= 0.3 is 5.97 Å². The van der Waals surface area contributed by atoms with Gasteiger partial charge in [0.25, 0.3) is 5.91 Å². The normalized spacial score (nSPS) is 16.4. The van der Waals surface area contributed by atoms with Crippen molar-refractivity contribution in [2.24, 2.45) is 0 Å². The van der Waals surface area contributed by atoms with Crippen LogP contribution in [0, 0.1) is 0 Å². The van der Waals surface area contributed by atoms with Crippen LogP contribution >= 0.6 is 11.8 Å². The first-order chi connectivity index (χ1) is 13.2. The van der Waals surface area contributed by atoms with E-state index in [4.69, 9.17) is 4.74 Å². The van der Waals surface area contributed by atoms with Crippen LogP contribution in [0.15, 0.2) is 53.4 Å². The van der Waals surface area contributed by atoms with Crippen molar-refractivity contribution in [2.45, 2.75) is 49.1 Å². The highest BCUT2D eigenvalue weighted by Crippen LogP contribution is 2.28. The lowest BCUT2D eigenvalue weighted by atomic mass is 10.1. The molecule has 1 N–H and O–H groups in total. The molecular formula is C22H23NO3S. The van der Waals surface area contributed by atoms with Crippen LogP contribution in [-0.4, -0.2) is 23.7 Å². The standard InChI is InChI=1S/C22H23NO3S/c24-20(14-27-19-12-9-15-7-4-8-17(15)13-19)26-21(16-5-2-1-3-6-16)22(25)23-18-10-11-18/h1-3,5-6,9,12-13,18,21H,4,7-8,10-11,14H2,(H,23,25). The summed E-state index contributed by atoms with van der Waals surface area (Å²) in [6.45, 7) is 0. The number of fused-ring (bicyclic) bond motifs is 1. The summed E-state index contributed by atoms with van der Waals surface area (Å²) in [5.74, 6) is -0.418. The summed E-state index contributed by atoms with van der Waals surface area (Å²) in [6.07, 6.45) is 4.58. The second-order valence-electron chi connectivity index (χ2n) is 7.14. The average molecular weight is 381 g/mol. The first-order valence-electron chi connectivity index (χ1n) is 9.48. The van der Waals surface area contributed by atoms with E-state index in [1.54, 1.807) is 0 Å². The number of amides is 1. The molecule has 1 amide bonds. The number of ether oxygens (including phenoxy) is 1. The summed E-state index contributed by atoms with van der Waals surface area (Å²) in [7, 11) is 0. The maximum absolute atomic E-state index is 12.5. The molecule has 0 bridgehead atoms. The Bertz CT molecular complexity index is 833. The Morgan fingerprint density at radius 1 is 1.07 bits per heavy atom. The highest BCUT2D eigenvalue weighted by Gasteiger charge is 2.30. The third-order valence-corrected chi connectivity index (χ3v) is 5.91. The van der Waals surface area contributed by atoms with E-state index in [0.717, 1.165) is 30.6 Å². The van der Waals surface area contributed by atoms with Crippen LogP contribution < -0.4 is 5.32 Å². The SMILES string of the molecule is O=C(CSc1ccc2c(c1)CCC2)OC(C(=O)NC1CC1)c1ccccc1. The van der Waals surface area contributed by atoms with Gasteiger partial charge in [0, 0.05) is 16.5 Å². The number of carbonyl (C=O) groups is 2. The van der Waals surface area contributed by atoms with Gasteiger partial charge in [-0.05, 0) is 55.4 Å². The number of esters is 1. The Balaban J connectivity index is 1.38. The summed E-state index contributed by atoms with van der Waals surface area (Å²) in [6, 6.07) is 15.8. The molecule has 4 rings (SSSR count). The summed E-state index contributed by atoms with van der Waals surface area (Å²) in [5.41, 5.74) is 3.51. The van der Waals surface area contributed by atoms with Gasteiger partial charge in [-0.2, -0.15) is 0 Å². The molecule has 1 fully saturated rings. The predicted octanol–water partition coefficient (Wildman–Crippen LogP) is 3.83. The molecule has 2 aliphatic carbocycles. The molecule has 0 radical (unpaired) electrons.